The largest absolute Gasteiger partial charge is 0.479 e. The van der Waals surface area contributed by atoms with Crippen LogP contribution in [0.25, 0.3) is 0 Å². The van der Waals surface area contributed by atoms with E-state index >= 15 is 0 Å². The summed E-state index contributed by atoms with van der Waals surface area (Å²) >= 11 is 0. The number of anilines is 1. The molecule has 104 valence electrons. The van der Waals surface area contributed by atoms with E-state index in [1.54, 1.807) is 52.1 Å². The number of carboxylic acid groups (broad SMARTS) is 1. The Labute approximate surface area is 112 Å². The summed E-state index contributed by atoms with van der Waals surface area (Å²) in [5, 5.41) is 9.23. The Balaban J connectivity index is 2.96. The lowest BCUT2D eigenvalue weighted by Gasteiger charge is -2.28. The maximum atomic E-state index is 12.0. The third kappa shape index (κ3) is 4.28. The number of hydrogen-bond donors (Lipinski definition) is 1. The van der Waals surface area contributed by atoms with Gasteiger partial charge < -0.3 is 14.7 Å². The quantitative estimate of drug-likeness (QED) is 0.665. The van der Waals surface area contributed by atoms with Crippen molar-refractivity contribution in [2.75, 3.05) is 11.9 Å². The Morgan fingerprint density at radius 1 is 1.21 bits per heavy atom. The topological polar surface area (TPSA) is 66.8 Å². The van der Waals surface area contributed by atoms with Gasteiger partial charge in [0.1, 0.15) is 5.60 Å². The van der Waals surface area contributed by atoms with E-state index < -0.39 is 23.6 Å². The normalized spacial score (nSPS) is 12.6. The first-order valence-electron chi connectivity index (χ1n) is 5.96. The Kier molecular flexibility index (Phi) is 4.53. The van der Waals surface area contributed by atoms with E-state index in [0.29, 0.717) is 5.69 Å². The first kappa shape index (κ1) is 15.0. The first-order valence-corrected chi connectivity index (χ1v) is 5.96. The number of hydrogen-bond acceptors (Lipinski definition) is 4. The van der Waals surface area contributed by atoms with Crippen molar-refractivity contribution in [2.24, 2.45) is 0 Å². The molecule has 0 saturated carbocycles. The molecule has 1 atom stereocenters. The molecule has 0 aromatic heterocycles. The van der Waals surface area contributed by atoms with Gasteiger partial charge in [-0.1, -0.05) is 18.2 Å². The summed E-state index contributed by atoms with van der Waals surface area (Å²) in [6.07, 6.45) is 0. The Morgan fingerprint density at radius 2 is 1.74 bits per heavy atom. The van der Waals surface area contributed by atoms with Crippen molar-refractivity contribution in [1.82, 2.24) is 0 Å². The van der Waals surface area contributed by atoms with Gasteiger partial charge in [0.05, 0.1) is 0 Å². The second-order valence-electron chi connectivity index (χ2n) is 5.22. The number of rotatable bonds is 4. The summed E-state index contributed by atoms with van der Waals surface area (Å²) in [6.45, 7) is 5.10. The molecule has 5 nitrogen and oxygen atoms in total. The van der Waals surface area contributed by atoms with Crippen LogP contribution < -0.4 is 4.90 Å². The van der Waals surface area contributed by atoms with Crippen LogP contribution in [-0.2, 0) is 14.3 Å². The minimum Gasteiger partial charge on any atom is -0.479 e. The van der Waals surface area contributed by atoms with Crippen molar-refractivity contribution in [1.29, 1.82) is 0 Å². The molecule has 1 N–H and O–H groups in total. The zero-order valence-electron chi connectivity index (χ0n) is 11.6. The fraction of sp³-hybridized carbons (Fsp3) is 0.429. The van der Waals surface area contributed by atoms with Gasteiger partial charge in [0.25, 0.3) is 0 Å². The Morgan fingerprint density at radius 3 is 2.16 bits per heavy atom. The average molecular weight is 265 g/mol. The van der Waals surface area contributed by atoms with Crippen LogP contribution >= 0.6 is 0 Å². The molecule has 0 aliphatic rings. The maximum Gasteiger partial charge on any atom is 0.341 e. The number of nitrogens with zero attached hydrogens (tertiary/aromatic N) is 1. The van der Waals surface area contributed by atoms with Crippen molar-refractivity contribution in [3.63, 3.8) is 0 Å². The number of benzene rings is 1. The van der Waals surface area contributed by atoms with Crippen LogP contribution in [0, 0.1) is 0 Å². The molecular formula is C14H19NO4. The molecule has 0 heterocycles. The minimum absolute atomic E-state index is 0.640. The summed E-state index contributed by atoms with van der Waals surface area (Å²) in [5.74, 6) is -2.01. The second-order valence-corrected chi connectivity index (χ2v) is 5.22. The fourth-order valence-electron chi connectivity index (χ4n) is 1.59. The number of likely N-dealkylation sites (N-methyl/N-ethyl adjacent to an activating group) is 1. The van der Waals surface area contributed by atoms with Gasteiger partial charge in [0.2, 0.25) is 6.04 Å². The molecule has 19 heavy (non-hydrogen) atoms. The third-order valence-corrected chi connectivity index (χ3v) is 2.41. The second kappa shape index (κ2) is 5.73. The van der Waals surface area contributed by atoms with E-state index in [1.165, 1.54) is 4.90 Å². The first-order chi connectivity index (χ1) is 8.72. The molecule has 0 saturated heterocycles. The van der Waals surface area contributed by atoms with Crippen LogP contribution in [0.4, 0.5) is 5.69 Å². The standard InChI is InChI=1S/C14H19NO4/c1-14(2,3)19-13(18)11(12(16)17)15(4)10-8-6-5-7-9-10/h5-9,11H,1-4H3,(H,16,17). The van der Waals surface area contributed by atoms with Gasteiger partial charge in [-0.25, -0.2) is 9.59 Å². The van der Waals surface area contributed by atoms with E-state index in [4.69, 9.17) is 4.74 Å². The molecule has 1 aromatic carbocycles. The number of esters is 1. The van der Waals surface area contributed by atoms with E-state index in [9.17, 15) is 14.7 Å². The monoisotopic (exact) mass is 265 g/mol. The molecular weight excluding hydrogens is 246 g/mol. The number of carbonyl (C=O) groups is 2. The van der Waals surface area contributed by atoms with Gasteiger partial charge >= 0.3 is 11.9 Å². The summed E-state index contributed by atoms with van der Waals surface area (Å²) in [6, 6.07) is 7.49. The predicted molar refractivity (Wildman–Crippen MR) is 72.1 cm³/mol. The highest BCUT2D eigenvalue weighted by Gasteiger charge is 2.34. The molecule has 0 bridgehead atoms. The number of ether oxygens (including phenoxy) is 1. The molecule has 5 heteroatoms. The highest BCUT2D eigenvalue weighted by molar-refractivity contribution is 6.01. The molecule has 0 spiro atoms. The molecule has 0 aliphatic heterocycles. The molecule has 1 unspecified atom stereocenters. The average Bonchev–Trinajstić information content (AvgIpc) is 2.27. The van der Waals surface area contributed by atoms with E-state index in [2.05, 4.69) is 0 Å². The summed E-state index contributed by atoms with van der Waals surface area (Å²) in [4.78, 5) is 24.7. The Bertz CT molecular complexity index is 450. The van der Waals surface area contributed by atoms with E-state index in [0.717, 1.165) is 0 Å². The summed E-state index contributed by atoms with van der Waals surface area (Å²) < 4.78 is 5.14. The number of aliphatic carboxylic acids is 1. The Hall–Kier alpha value is -2.04. The van der Waals surface area contributed by atoms with Gasteiger partial charge in [-0.05, 0) is 32.9 Å². The molecule has 0 amide bonds. The predicted octanol–water partition coefficient (Wildman–Crippen LogP) is 1.92. The number of carbonyl (C=O) groups excluding carboxylic acids is 1. The maximum absolute atomic E-state index is 12.0. The van der Waals surface area contributed by atoms with Gasteiger partial charge in [0, 0.05) is 12.7 Å². The van der Waals surface area contributed by atoms with Crippen molar-refractivity contribution in [3.8, 4) is 0 Å². The smallest absolute Gasteiger partial charge is 0.341 e. The molecule has 1 rings (SSSR count). The van der Waals surface area contributed by atoms with Gasteiger partial charge in [-0.3, -0.25) is 0 Å². The highest BCUT2D eigenvalue weighted by atomic mass is 16.6. The van der Waals surface area contributed by atoms with Crippen LogP contribution in [0.2, 0.25) is 0 Å². The van der Waals surface area contributed by atoms with Crippen LogP contribution in [0.1, 0.15) is 20.8 Å². The summed E-state index contributed by atoms with van der Waals surface area (Å²) in [5.41, 5.74) is -0.0803. The molecule has 1 aromatic rings. The van der Waals surface area contributed by atoms with Crippen molar-refractivity contribution < 1.29 is 19.4 Å². The van der Waals surface area contributed by atoms with Crippen molar-refractivity contribution in [2.45, 2.75) is 32.4 Å². The molecule has 0 radical (unpaired) electrons. The van der Waals surface area contributed by atoms with Gasteiger partial charge in [0.15, 0.2) is 0 Å². The zero-order chi connectivity index (χ0) is 14.6. The SMILES string of the molecule is CN(c1ccccc1)C(C(=O)O)C(=O)OC(C)(C)C. The third-order valence-electron chi connectivity index (χ3n) is 2.41. The minimum atomic E-state index is -1.36. The van der Waals surface area contributed by atoms with Crippen molar-refractivity contribution >= 4 is 17.6 Å². The lowest BCUT2D eigenvalue weighted by Crippen LogP contribution is -2.47. The van der Waals surface area contributed by atoms with Crippen molar-refractivity contribution in [3.05, 3.63) is 30.3 Å². The van der Waals surface area contributed by atoms with Crippen LogP contribution in [0.3, 0.4) is 0 Å². The lowest BCUT2D eigenvalue weighted by molar-refractivity contribution is -0.161. The zero-order valence-corrected chi connectivity index (χ0v) is 11.6. The van der Waals surface area contributed by atoms with Gasteiger partial charge in [-0.15, -0.1) is 0 Å². The van der Waals surface area contributed by atoms with Crippen LogP contribution in [-0.4, -0.2) is 35.7 Å². The van der Waals surface area contributed by atoms with E-state index in [1.807, 2.05) is 6.07 Å². The number of carboxylic acids is 1. The molecule has 0 aliphatic carbocycles. The number of para-hydroxylation sites is 1. The van der Waals surface area contributed by atoms with E-state index in [-0.39, 0.29) is 0 Å². The summed E-state index contributed by atoms with van der Waals surface area (Å²) in [7, 11) is 1.55. The highest BCUT2D eigenvalue weighted by Crippen LogP contribution is 2.17. The van der Waals surface area contributed by atoms with Gasteiger partial charge in [-0.2, -0.15) is 0 Å². The molecule has 0 fully saturated rings. The van der Waals surface area contributed by atoms with Crippen LogP contribution in [0.5, 0.6) is 0 Å². The fourth-order valence-corrected chi connectivity index (χ4v) is 1.59. The van der Waals surface area contributed by atoms with Crippen LogP contribution in [0.15, 0.2) is 30.3 Å². The lowest BCUT2D eigenvalue weighted by atomic mass is 10.1.